The second-order valence-electron chi connectivity index (χ2n) is 6.07. The number of hydrogen-bond acceptors (Lipinski definition) is 6. The summed E-state index contributed by atoms with van der Waals surface area (Å²) in [4.78, 5) is 51.6. The quantitative estimate of drug-likeness (QED) is 0.322. The summed E-state index contributed by atoms with van der Waals surface area (Å²) >= 11 is 0. The molecule has 0 fully saturated rings. The molecule has 0 unspecified atom stereocenters. The van der Waals surface area contributed by atoms with Crippen LogP contribution >= 0.6 is 0 Å². The first kappa shape index (κ1) is 19.0. The van der Waals surface area contributed by atoms with Gasteiger partial charge in [0.15, 0.2) is 0 Å². The van der Waals surface area contributed by atoms with Crippen LogP contribution < -0.4 is 10.6 Å². The Kier molecular flexibility index (Phi) is 5.58. The van der Waals surface area contributed by atoms with Gasteiger partial charge in [-0.3, -0.25) is 29.6 Å². The zero-order valence-corrected chi connectivity index (χ0v) is 14.8. The van der Waals surface area contributed by atoms with E-state index < -0.39 is 16.7 Å². The molecule has 4 amide bonds. The Morgan fingerprint density at radius 3 is 2.64 bits per heavy atom. The lowest BCUT2D eigenvalue weighted by Crippen LogP contribution is -2.37. The number of urea groups is 1. The van der Waals surface area contributed by atoms with Crippen LogP contribution in [0.1, 0.15) is 32.7 Å². The highest BCUT2D eigenvalue weighted by Gasteiger charge is 2.36. The number of nitro benzene ring substituents is 1. The van der Waals surface area contributed by atoms with Crippen molar-refractivity contribution in [2.24, 2.45) is 0 Å². The van der Waals surface area contributed by atoms with E-state index in [9.17, 15) is 24.5 Å². The van der Waals surface area contributed by atoms with E-state index in [4.69, 9.17) is 0 Å². The van der Waals surface area contributed by atoms with Crippen molar-refractivity contribution in [2.45, 2.75) is 13.0 Å². The van der Waals surface area contributed by atoms with E-state index in [2.05, 4.69) is 15.6 Å². The van der Waals surface area contributed by atoms with Gasteiger partial charge in [0.2, 0.25) is 0 Å². The van der Waals surface area contributed by atoms with Crippen LogP contribution in [0.5, 0.6) is 0 Å². The van der Waals surface area contributed by atoms with E-state index in [-0.39, 0.29) is 35.9 Å². The minimum atomic E-state index is -0.616. The number of pyridine rings is 1. The molecule has 1 aromatic carbocycles. The molecule has 0 aliphatic carbocycles. The fourth-order valence-electron chi connectivity index (χ4n) is 2.78. The van der Waals surface area contributed by atoms with E-state index in [0.717, 1.165) is 16.5 Å². The Hall–Kier alpha value is -3.82. The van der Waals surface area contributed by atoms with Crippen LogP contribution in [0.4, 0.5) is 10.5 Å². The Labute approximate surface area is 159 Å². The van der Waals surface area contributed by atoms with Gasteiger partial charge >= 0.3 is 6.03 Å². The zero-order valence-electron chi connectivity index (χ0n) is 14.8. The minimum absolute atomic E-state index is 0.0290. The lowest BCUT2D eigenvalue weighted by atomic mass is 10.1. The van der Waals surface area contributed by atoms with Gasteiger partial charge in [0, 0.05) is 44.2 Å². The lowest BCUT2D eigenvalue weighted by molar-refractivity contribution is -0.384. The van der Waals surface area contributed by atoms with Crippen molar-refractivity contribution in [3.63, 3.8) is 0 Å². The third-order valence-corrected chi connectivity index (χ3v) is 4.19. The topological polar surface area (TPSA) is 135 Å². The van der Waals surface area contributed by atoms with E-state index >= 15 is 0 Å². The molecule has 1 aromatic heterocycles. The van der Waals surface area contributed by atoms with E-state index in [1.54, 1.807) is 18.5 Å². The van der Waals surface area contributed by atoms with E-state index in [1.807, 2.05) is 6.07 Å². The van der Waals surface area contributed by atoms with Crippen LogP contribution in [-0.4, -0.2) is 45.7 Å². The first-order chi connectivity index (χ1) is 13.5. The maximum absolute atomic E-state index is 12.3. The number of nitrogens with one attached hydrogen (secondary N) is 2. The number of hydrogen-bond donors (Lipinski definition) is 2. The molecule has 0 bridgehead atoms. The van der Waals surface area contributed by atoms with E-state index in [0.29, 0.717) is 13.0 Å². The van der Waals surface area contributed by atoms with Crippen molar-refractivity contribution in [1.29, 1.82) is 0 Å². The number of rotatable bonds is 7. The predicted octanol–water partition coefficient (Wildman–Crippen LogP) is 1.48. The molecular formula is C18H17N5O5. The van der Waals surface area contributed by atoms with Crippen LogP contribution in [0.15, 0.2) is 42.7 Å². The van der Waals surface area contributed by atoms with Gasteiger partial charge in [-0.2, -0.15) is 0 Å². The van der Waals surface area contributed by atoms with Crippen molar-refractivity contribution in [1.82, 2.24) is 20.5 Å². The summed E-state index contributed by atoms with van der Waals surface area (Å²) in [6.45, 7) is 0.687. The zero-order chi connectivity index (χ0) is 20.1. The average molecular weight is 383 g/mol. The van der Waals surface area contributed by atoms with Crippen LogP contribution in [0, 0.1) is 10.1 Å². The summed E-state index contributed by atoms with van der Waals surface area (Å²) in [7, 11) is 0. The number of nitrogens with zero attached hydrogens (tertiary/aromatic N) is 3. The summed E-state index contributed by atoms with van der Waals surface area (Å²) < 4.78 is 0. The van der Waals surface area contributed by atoms with Crippen molar-refractivity contribution >= 4 is 23.5 Å². The molecule has 3 rings (SSSR count). The highest BCUT2D eigenvalue weighted by molar-refractivity contribution is 6.21. The largest absolute Gasteiger partial charge is 0.338 e. The normalized spacial score (nSPS) is 12.6. The lowest BCUT2D eigenvalue weighted by Gasteiger charge is -2.14. The maximum Gasteiger partial charge on any atom is 0.315 e. The SMILES string of the molecule is O=C(NCCCN1C(=O)c2ccc([N+](=O)[O-])cc2C1=O)NCc1cccnc1. The molecule has 1 aliphatic rings. The van der Waals surface area contributed by atoms with Gasteiger partial charge in [0.25, 0.3) is 17.5 Å². The van der Waals surface area contributed by atoms with Gasteiger partial charge in [-0.1, -0.05) is 6.07 Å². The van der Waals surface area contributed by atoms with Crippen LogP contribution in [-0.2, 0) is 6.54 Å². The fourth-order valence-corrected chi connectivity index (χ4v) is 2.78. The first-order valence-electron chi connectivity index (χ1n) is 8.52. The molecule has 2 heterocycles. The van der Waals surface area contributed by atoms with Crippen LogP contribution in [0.2, 0.25) is 0 Å². The molecule has 10 nitrogen and oxygen atoms in total. The molecule has 10 heteroatoms. The number of carbonyl (C=O) groups excluding carboxylic acids is 3. The number of amides is 4. The molecule has 2 aromatic rings. The molecule has 144 valence electrons. The molecular weight excluding hydrogens is 366 g/mol. The molecule has 0 spiro atoms. The maximum atomic E-state index is 12.3. The Morgan fingerprint density at radius 2 is 1.93 bits per heavy atom. The number of carbonyl (C=O) groups is 3. The van der Waals surface area contributed by atoms with Gasteiger partial charge in [-0.05, 0) is 24.1 Å². The summed E-state index contributed by atoms with van der Waals surface area (Å²) in [6, 6.07) is 6.83. The molecule has 0 saturated heterocycles. The summed E-state index contributed by atoms with van der Waals surface area (Å²) in [5, 5.41) is 16.2. The molecule has 0 radical (unpaired) electrons. The molecule has 28 heavy (non-hydrogen) atoms. The summed E-state index contributed by atoms with van der Waals surface area (Å²) in [5.74, 6) is -1.05. The minimum Gasteiger partial charge on any atom is -0.338 e. The van der Waals surface area contributed by atoms with Crippen LogP contribution in [0.3, 0.4) is 0 Å². The molecule has 1 aliphatic heterocycles. The van der Waals surface area contributed by atoms with Gasteiger partial charge in [0.1, 0.15) is 0 Å². The molecule has 0 atom stereocenters. The first-order valence-corrected chi connectivity index (χ1v) is 8.52. The molecule has 0 saturated carbocycles. The second kappa shape index (κ2) is 8.25. The Morgan fingerprint density at radius 1 is 1.14 bits per heavy atom. The van der Waals surface area contributed by atoms with Crippen LogP contribution in [0.25, 0.3) is 0 Å². The predicted molar refractivity (Wildman–Crippen MR) is 97.6 cm³/mol. The van der Waals surface area contributed by atoms with Gasteiger partial charge < -0.3 is 10.6 Å². The monoisotopic (exact) mass is 383 g/mol. The fraction of sp³-hybridized carbons (Fsp3) is 0.222. The number of imide groups is 1. The van der Waals surface area contributed by atoms with Gasteiger partial charge in [-0.25, -0.2) is 4.79 Å². The third kappa shape index (κ3) is 4.11. The Bertz CT molecular complexity index is 931. The summed E-state index contributed by atoms with van der Waals surface area (Å²) in [6.07, 6.45) is 3.64. The standard InChI is InChI=1S/C18H17N5O5/c24-16-14-5-4-13(23(27)28)9-15(14)17(25)22(16)8-2-7-20-18(26)21-11-12-3-1-6-19-10-12/h1,3-6,9-10H,2,7-8,11H2,(H2,20,21,26). The van der Waals surface area contributed by atoms with Gasteiger partial charge in [0.05, 0.1) is 16.1 Å². The van der Waals surface area contributed by atoms with Crippen molar-refractivity contribution in [3.05, 3.63) is 69.5 Å². The number of benzene rings is 1. The second-order valence-corrected chi connectivity index (χ2v) is 6.07. The highest BCUT2D eigenvalue weighted by Crippen LogP contribution is 2.26. The van der Waals surface area contributed by atoms with Crippen molar-refractivity contribution in [2.75, 3.05) is 13.1 Å². The van der Waals surface area contributed by atoms with E-state index in [1.165, 1.54) is 12.1 Å². The highest BCUT2D eigenvalue weighted by atomic mass is 16.6. The smallest absolute Gasteiger partial charge is 0.315 e. The molecule has 2 N–H and O–H groups in total. The Balaban J connectivity index is 1.46. The number of nitro groups is 1. The average Bonchev–Trinajstić information content (AvgIpc) is 2.94. The number of non-ortho nitro benzene ring substituents is 1. The van der Waals surface area contributed by atoms with Crippen molar-refractivity contribution in [3.8, 4) is 0 Å². The van der Waals surface area contributed by atoms with Gasteiger partial charge in [-0.15, -0.1) is 0 Å². The third-order valence-electron chi connectivity index (χ3n) is 4.19. The number of fused-ring (bicyclic) bond motifs is 1. The number of aromatic nitrogens is 1. The summed E-state index contributed by atoms with van der Waals surface area (Å²) in [5.41, 5.74) is 0.797. The van der Waals surface area contributed by atoms with Crippen molar-refractivity contribution < 1.29 is 19.3 Å².